The third kappa shape index (κ3) is 3.07. The van der Waals surface area contributed by atoms with Crippen molar-refractivity contribution in [2.75, 3.05) is 7.11 Å². The summed E-state index contributed by atoms with van der Waals surface area (Å²) in [5, 5.41) is 8.05. The highest BCUT2D eigenvalue weighted by Crippen LogP contribution is 2.34. The van der Waals surface area contributed by atoms with Crippen LogP contribution < -0.4 is 4.74 Å². The summed E-state index contributed by atoms with van der Waals surface area (Å²) in [6, 6.07) is 10.1. The van der Waals surface area contributed by atoms with E-state index in [1.807, 2.05) is 0 Å². The van der Waals surface area contributed by atoms with Gasteiger partial charge in [0.1, 0.15) is 5.82 Å². The molecular formula is C18H12F3N5O. The Morgan fingerprint density at radius 3 is 2.37 bits per heavy atom. The number of hydrogen-bond donors (Lipinski definition) is 0. The molecule has 0 atom stereocenters. The minimum Gasteiger partial charge on any atom is -0.480 e. The Kier molecular flexibility index (Phi) is 3.98. The average Bonchev–Trinajstić information content (AvgIpc) is 3.07. The summed E-state index contributed by atoms with van der Waals surface area (Å²) in [6.07, 6.45) is -1.28. The van der Waals surface area contributed by atoms with Crippen molar-refractivity contribution in [3.63, 3.8) is 0 Å². The number of alkyl halides is 3. The van der Waals surface area contributed by atoms with Gasteiger partial charge in [0.25, 0.3) is 0 Å². The zero-order chi connectivity index (χ0) is 19.0. The van der Waals surface area contributed by atoms with Crippen LogP contribution in [0.4, 0.5) is 13.2 Å². The molecule has 0 amide bonds. The van der Waals surface area contributed by atoms with E-state index in [0.717, 1.165) is 12.1 Å². The molecule has 0 bridgehead atoms. The zero-order valence-electron chi connectivity index (χ0n) is 14.0. The van der Waals surface area contributed by atoms with Gasteiger partial charge in [-0.15, -0.1) is 10.2 Å². The Bertz CT molecular complexity index is 1090. The van der Waals surface area contributed by atoms with Gasteiger partial charge >= 0.3 is 6.18 Å². The van der Waals surface area contributed by atoms with Crippen LogP contribution in [0, 0.1) is 0 Å². The molecule has 6 nitrogen and oxygen atoms in total. The SMILES string of the molecule is COc1ccc(-n2c(-c3ccncc3)nc3cc(C(F)(F)F)ccc32)nn1. The lowest BCUT2D eigenvalue weighted by molar-refractivity contribution is -0.137. The quantitative estimate of drug-likeness (QED) is 0.546. The smallest absolute Gasteiger partial charge is 0.416 e. The number of rotatable bonds is 3. The van der Waals surface area contributed by atoms with Gasteiger partial charge in [0.15, 0.2) is 5.82 Å². The summed E-state index contributed by atoms with van der Waals surface area (Å²) in [5.74, 6) is 1.17. The van der Waals surface area contributed by atoms with Crippen molar-refractivity contribution in [2.45, 2.75) is 6.18 Å². The second-order valence-corrected chi connectivity index (χ2v) is 5.64. The summed E-state index contributed by atoms with van der Waals surface area (Å²) in [7, 11) is 1.47. The van der Waals surface area contributed by atoms with Gasteiger partial charge in [0.2, 0.25) is 5.88 Å². The van der Waals surface area contributed by atoms with Crippen LogP contribution in [0.2, 0.25) is 0 Å². The Morgan fingerprint density at radius 2 is 1.74 bits per heavy atom. The molecule has 0 aliphatic rings. The Balaban J connectivity index is 1.98. The molecule has 27 heavy (non-hydrogen) atoms. The van der Waals surface area contributed by atoms with Gasteiger partial charge in [-0.25, -0.2) is 4.98 Å². The number of pyridine rings is 1. The van der Waals surface area contributed by atoms with Crippen LogP contribution in [0.1, 0.15) is 5.56 Å². The van der Waals surface area contributed by atoms with E-state index in [9.17, 15) is 13.2 Å². The van der Waals surface area contributed by atoms with E-state index < -0.39 is 11.7 Å². The van der Waals surface area contributed by atoms with E-state index >= 15 is 0 Å². The van der Waals surface area contributed by atoms with E-state index in [1.54, 1.807) is 41.2 Å². The monoisotopic (exact) mass is 371 g/mol. The lowest BCUT2D eigenvalue weighted by Gasteiger charge is -2.09. The summed E-state index contributed by atoms with van der Waals surface area (Å²) >= 11 is 0. The van der Waals surface area contributed by atoms with Gasteiger partial charge in [-0.1, -0.05) is 0 Å². The van der Waals surface area contributed by atoms with Crippen molar-refractivity contribution in [1.82, 2.24) is 24.7 Å². The molecule has 9 heteroatoms. The molecule has 0 unspecified atom stereocenters. The highest BCUT2D eigenvalue weighted by molar-refractivity contribution is 5.83. The first-order valence-corrected chi connectivity index (χ1v) is 7.85. The van der Waals surface area contributed by atoms with Crippen molar-refractivity contribution in [3.8, 4) is 23.1 Å². The van der Waals surface area contributed by atoms with Gasteiger partial charge in [0, 0.05) is 24.0 Å². The second kappa shape index (κ2) is 6.35. The molecule has 3 heterocycles. The maximum atomic E-state index is 13.1. The summed E-state index contributed by atoms with van der Waals surface area (Å²) in [4.78, 5) is 8.38. The fraction of sp³-hybridized carbons (Fsp3) is 0.111. The lowest BCUT2D eigenvalue weighted by atomic mass is 10.2. The van der Waals surface area contributed by atoms with Crippen LogP contribution in [-0.4, -0.2) is 31.8 Å². The van der Waals surface area contributed by atoms with E-state index in [-0.39, 0.29) is 5.52 Å². The van der Waals surface area contributed by atoms with Crippen LogP contribution in [0.15, 0.2) is 54.9 Å². The molecule has 0 N–H and O–H groups in total. The number of hydrogen-bond acceptors (Lipinski definition) is 5. The first-order valence-electron chi connectivity index (χ1n) is 7.85. The predicted molar refractivity (Wildman–Crippen MR) is 91.4 cm³/mol. The number of methoxy groups -OCH3 is 1. The molecule has 0 aliphatic carbocycles. The Morgan fingerprint density at radius 1 is 0.963 bits per heavy atom. The van der Waals surface area contributed by atoms with Crippen molar-refractivity contribution in [2.24, 2.45) is 0 Å². The summed E-state index contributed by atoms with van der Waals surface area (Å²) < 4.78 is 45.9. The molecule has 4 aromatic rings. The van der Waals surface area contributed by atoms with Crippen LogP contribution in [-0.2, 0) is 6.18 Å². The number of aromatic nitrogens is 5. The van der Waals surface area contributed by atoms with Crippen LogP contribution in [0.25, 0.3) is 28.2 Å². The molecule has 0 saturated heterocycles. The molecule has 0 fully saturated rings. The largest absolute Gasteiger partial charge is 0.480 e. The number of fused-ring (bicyclic) bond motifs is 1. The van der Waals surface area contributed by atoms with Crippen molar-refractivity contribution in [3.05, 3.63) is 60.4 Å². The van der Waals surface area contributed by atoms with Gasteiger partial charge in [-0.2, -0.15) is 13.2 Å². The number of ether oxygens (including phenoxy) is 1. The van der Waals surface area contributed by atoms with Crippen molar-refractivity contribution in [1.29, 1.82) is 0 Å². The molecule has 0 aliphatic heterocycles. The molecule has 0 radical (unpaired) electrons. The first-order chi connectivity index (χ1) is 13.0. The third-order valence-corrected chi connectivity index (χ3v) is 3.98. The van der Waals surface area contributed by atoms with E-state index in [4.69, 9.17) is 4.74 Å². The molecular weight excluding hydrogens is 359 g/mol. The molecule has 3 aromatic heterocycles. The fourth-order valence-corrected chi connectivity index (χ4v) is 2.72. The zero-order valence-corrected chi connectivity index (χ0v) is 14.0. The molecule has 0 saturated carbocycles. The third-order valence-electron chi connectivity index (χ3n) is 3.98. The topological polar surface area (TPSA) is 65.7 Å². The second-order valence-electron chi connectivity index (χ2n) is 5.64. The van der Waals surface area contributed by atoms with Gasteiger partial charge in [-0.3, -0.25) is 9.55 Å². The van der Waals surface area contributed by atoms with Gasteiger partial charge in [0.05, 0.1) is 23.7 Å². The summed E-state index contributed by atoms with van der Waals surface area (Å²) in [6.45, 7) is 0. The normalized spacial score (nSPS) is 11.7. The first kappa shape index (κ1) is 17.0. The predicted octanol–water partition coefficient (Wildman–Crippen LogP) is 3.90. The van der Waals surface area contributed by atoms with Crippen LogP contribution in [0.3, 0.4) is 0 Å². The van der Waals surface area contributed by atoms with E-state index in [1.165, 1.54) is 13.2 Å². The maximum Gasteiger partial charge on any atom is 0.416 e. The van der Waals surface area contributed by atoms with Crippen LogP contribution >= 0.6 is 0 Å². The van der Waals surface area contributed by atoms with E-state index in [2.05, 4.69) is 20.2 Å². The maximum absolute atomic E-state index is 13.1. The number of nitrogens with zero attached hydrogens (tertiary/aromatic N) is 5. The highest BCUT2D eigenvalue weighted by Gasteiger charge is 2.31. The highest BCUT2D eigenvalue weighted by atomic mass is 19.4. The number of benzene rings is 1. The fourth-order valence-electron chi connectivity index (χ4n) is 2.72. The molecule has 0 spiro atoms. The standard InChI is InChI=1S/C18H12F3N5O/c1-27-16-5-4-15(24-25-16)26-14-3-2-12(18(19,20)21)10-13(14)23-17(26)11-6-8-22-9-7-11/h2-10H,1H3. The van der Waals surface area contributed by atoms with Crippen molar-refractivity contribution < 1.29 is 17.9 Å². The Labute approximate surface area is 151 Å². The molecule has 1 aromatic carbocycles. The average molecular weight is 371 g/mol. The molecule has 136 valence electrons. The van der Waals surface area contributed by atoms with Crippen LogP contribution in [0.5, 0.6) is 5.88 Å². The summed E-state index contributed by atoms with van der Waals surface area (Å²) in [5.41, 5.74) is 0.609. The minimum atomic E-state index is -4.45. The number of halogens is 3. The number of imidazole rings is 1. The van der Waals surface area contributed by atoms with Crippen molar-refractivity contribution >= 4 is 11.0 Å². The Hall–Kier alpha value is -3.49. The lowest BCUT2D eigenvalue weighted by Crippen LogP contribution is -2.05. The molecule has 4 rings (SSSR count). The van der Waals surface area contributed by atoms with Gasteiger partial charge in [-0.05, 0) is 36.4 Å². The minimum absolute atomic E-state index is 0.203. The van der Waals surface area contributed by atoms with E-state index in [0.29, 0.717) is 28.6 Å². The van der Waals surface area contributed by atoms with Gasteiger partial charge < -0.3 is 4.74 Å².